The van der Waals surface area contributed by atoms with Crippen LogP contribution >= 0.6 is 0 Å². The van der Waals surface area contributed by atoms with E-state index in [1.165, 1.54) is 5.69 Å². The van der Waals surface area contributed by atoms with E-state index in [0.29, 0.717) is 24.5 Å². The monoisotopic (exact) mass is 527 g/mol. The second-order valence-corrected chi connectivity index (χ2v) is 10.1. The zero-order chi connectivity index (χ0) is 27.4. The molecular formula is C32H37N3O4. The maximum Gasteiger partial charge on any atom is 0.340 e. The maximum absolute atomic E-state index is 13.0. The van der Waals surface area contributed by atoms with Gasteiger partial charge in [0.1, 0.15) is 18.5 Å². The summed E-state index contributed by atoms with van der Waals surface area (Å²) in [6.07, 6.45) is -0.619. The van der Waals surface area contributed by atoms with E-state index in [1.807, 2.05) is 50.2 Å². The third kappa shape index (κ3) is 5.79. The van der Waals surface area contributed by atoms with Gasteiger partial charge in [0.05, 0.1) is 17.7 Å². The number of hydrogen-bond acceptors (Lipinski definition) is 6. The molecule has 1 aliphatic rings. The molecule has 1 fully saturated rings. The largest absolute Gasteiger partial charge is 0.491 e. The Bertz CT molecular complexity index is 1420. The highest BCUT2D eigenvalue weighted by molar-refractivity contribution is 6.07. The number of fused-ring (bicyclic) bond motifs is 1. The van der Waals surface area contributed by atoms with E-state index in [-0.39, 0.29) is 12.6 Å². The van der Waals surface area contributed by atoms with Crippen molar-refractivity contribution in [3.8, 4) is 11.4 Å². The van der Waals surface area contributed by atoms with Crippen LogP contribution in [0.25, 0.3) is 16.6 Å². The molecule has 4 aromatic rings. The second kappa shape index (κ2) is 11.9. The number of ether oxygens (including phenoxy) is 2. The third-order valence-electron chi connectivity index (χ3n) is 7.42. The van der Waals surface area contributed by atoms with Crippen LogP contribution in [0.4, 0.5) is 5.69 Å². The van der Waals surface area contributed by atoms with Gasteiger partial charge in [-0.25, -0.2) is 4.79 Å². The highest BCUT2D eigenvalue weighted by Gasteiger charge is 2.24. The lowest BCUT2D eigenvalue weighted by Crippen LogP contribution is -2.49. The summed E-state index contributed by atoms with van der Waals surface area (Å²) in [6.45, 7) is 10.5. The van der Waals surface area contributed by atoms with Gasteiger partial charge in [0, 0.05) is 55.2 Å². The quantitative estimate of drug-likeness (QED) is 0.310. The number of piperazine rings is 1. The summed E-state index contributed by atoms with van der Waals surface area (Å²) in [5, 5.41) is 11.5. The van der Waals surface area contributed by atoms with Crippen LogP contribution in [0, 0.1) is 13.8 Å². The molecule has 1 aliphatic heterocycles. The SMILES string of the molecule is CCOC(=O)c1c(C)n(-c2ccccc2C)c2ccc(OCC(O)CN3CCN(c4ccccc4)CC3)cc12. The van der Waals surface area contributed by atoms with Crippen LogP contribution in [0.3, 0.4) is 0 Å². The average molecular weight is 528 g/mol. The first kappa shape index (κ1) is 26.8. The number of para-hydroxylation sites is 2. The van der Waals surface area contributed by atoms with Gasteiger partial charge in [0.15, 0.2) is 0 Å². The Morgan fingerprint density at radius 2 is 1.67 bits per heavy atom. The van der Waals surface area contributed by atoms with E-state index in [9.17, 15) is 9.90 Å². The van der Waals surface area contributed by atoms with Gasteiger partial charge in [-0.2, -0.15) is 0 Å². The van der Waals surface area contributed by atoms with Gasteiger partial charge >= 0.3 is 5.97 Å². The molecule has 5 rings (SSSR count). The van der Waals surface area contributed by atoms with Crippen molar-refractivity contribution >= 4 is 22.6 Å². The van der Waals surface area contributed by atoms with Gasteiger partial charge in [-0.15, -0.1) is 0 Å². The predicted octanol–water partition coefficient (Wildman–Crippen LogP) is 4.99. The first-order chi connectivity index (χ1) is 19.0. The molecule has 7 nitrogen and oxygen atoms in total. The molecule has 1 atom stereocenters. The van der Waals surface area contributed by atoms with Gasteiger partial charge in [-0.1, -0.05) is 36.4 Å². The number of carbonyl (C=O) groups is 1. The Hall–Kier alpha value is -3.81. The molecule has 3 aromatic carbocycles. The van der Waals surface area contributed by atoms with Crippen LogP contribution < -0.4 is 9.64 Å². The van der Waals surface area contributed by atoms with Crippen LogP contribution in [-0.2, 0) is 4.74 Å². The molecular weight excluding hydrogens is 490 g/mol. The molecule has 0 radical (unpaired) electrons. The summed E-state index contributed by atoms with van der Waals surface area (Å²) in [4.78, 5) is 17.7. The van der Waals surface area contributed by atoms with Crippen LogP contribution in [0.15, 0.2) is 72.8 Å². The molecule has 0 saturated carbocycles. The van der Waals surface area contributed by atoms with Gasteiger partial charge < -0.3 is 24.0 Å². The van der Waals surface area contributed by atoms with Crippen LogP contribution in [0.1, 0.15) is 28.5 Å². The van der Waals surface area contributed by atoms with Crippen molar-refractivity contribution in [1.82, 2.24) is 9.47 Å². The third-order valence-corrected chi connectivity index (χ3v) is 7.42. The minimum atomic E-state index is -0.619. The van der Waals surface area contributed by atoms with Gasteiger partial charge in [-0.3, -0.25) is 4.90 Å². The molecule has 0 spiro atoms. The van der Waals surface area contributed by atoms with Crippen LogP contribution in [-0.4, -0.2) is 72.6 Å². The zero-order valence-electron chi connectivity index (χ0n) is 23.0. The maximum atomic E-state index is 13.0. The van der Waals surface area contributed by atoms with Gasteiger partial charge in [0.25, 0.3) is 0 Å². The van der Waals surface area contributed by atoms with E-state index in [2.05, 4.69) is 57.7 Å². The van der Waals surface area contributed by atoms with Gasteiger partial charge in [-0.05, 0) is 62.7 Å². The molecule has 1 saturated heterocycles. The number of aromatic nitrogens is 1. The molecule has 204 valence electrons. The molecule has 1 unspecified atom stereocenters. The lowest BCUT2D eigenvalue weighted by molar-refractivity contribution is 0.0527. The molecule has 1 N–H and O–H groups in total. The van der Waals surface area contributed by atoms with Gasteiger partial charge in [0.2, 0.25) is 0 Å². The Kier molecular flexibility index (Phi) is 8.19. The topological polar surface area (TPSA) is 67.2 Å². The highest BCUT2D eigenvalue weighted by atomic mass is 16.5. The average Bonchev–Trinajstić information content (AvgIpc) is 3.24. The van der Waals surface area contributed by atoms with E-state index >= 15 is 0 Å². The number of anilines is 1. The zero-order valence-corrected chi connectivity index (χ0v) is 23.0. The van der Waals surface area contributed by atoms with E-state index in [4.69, 9.17) is 9.47 Å². The van der Waals surface area contributed by atoms with E-state index in [1.54, 1.807) is 0 Å². The number of esters is 1. The lowest BCUT2D eigenvalue weighted by atomic mass is 10.1. The van der Waals surface area contributed by atoms with E-state index in [0.717, 1.165) is 54.0 Å². The number of hydrogen-bond donors (Lipinski definition) is 1. The fourth-order valence-corrected chi connectivity index (χ4v) is 5.44. The summed E-state index contributed by atoms with van der Waals surface area (Å²) < 4.78 is 13.5. The molecule has 0 bridgehead atoms. The van der Waals surface area contributed by atoms with Crippen molar-refractivity contribution in [2.75, 3.05) is 50.8 Å². The highest BCUT2D eigenvalue weighted by Crippen LogP contribution is 2.33. The number of carbonyl (C=O) groups excluding carboxylic acids is 1. The van der Waals surface area contributed by atoms with Crippen molar-refractivity contribution in [1.29, 1.82) is 0 Å². The van der Waals surface area contributed by atoms with Crippen LogP contribution in [0.5, 0.6) is 5.75 Å². The second-order valence-electron chi connectivity index (χ2n) is 10.1. The molecule has 1 aromatic heterocycles. The normalized spacial score (nSPS) is 14.9. The smallest absolute Gasteiger partial charge is 0.340 e. The molecule has 7 heteroatoms. The standard InChI is InChI=1S/C32H37N3O4/c1-4-38-32(37)31-24(3)35(29-13-9-8-10-23(29)2)30-15-14-27(20-28(30)31)39-22-26(36)21-33-16-18-34(19-17-33)25-11-6-5-7-12-25/h5-15,20,26,36H,4,16-19,21-22H2,1-3H3. The molecule has 2 heterocycles. The lowest BCUT2D eigenvalue weighted by Gasteiger charge is -2.36. The summed E-state index contributed by atoms with van der Waals surface area (Å²) in [5.41, 5.74) is 5.65. The number of aliphatic hydroxyl groups excluding tert-OH is 1. The number of aryl methyl sites for hydroxylation is 1. The summed E-state index contributed by atoms with van der Waals surface area (Å²) >= 11 is 0. The summed E-state index contributed by atoms with van der Waals surface area (Å²) in [5.74, 6) is 0.266. The molecule has 39 heavy (non-hydrogen) atoms. The van der Waals surface area contributed by atoms with Crippen molar-refractivity contribution in [3.63, 3.8) is 0 Å². The number of benzene rings is 3. The Morgan fingerprint density at radius 3 is 2.38 bits per heavy atom. The molecule has 0 amide bonds. The van der Waals surface area contributed by atoms with Crippen molar-refractivity contribution in [3.05, 3.63) is 89.6 Å². The number of rotatable bonds is 9. The van der Waals surface area contributed by atoms with Crippen molar-refractivity contribution in [2.24, 2.45) is 0 Å². The summed E-state index contributed by atoms with van der Waals surface area (Å²) in [7, 11) is 0. The first-order valence-electron chi connectivity index (χ1n) is 13.7. The Morgan fingerprint density at radius 1 is 0.949 bits per heavy atom. The minimum Gasteiger partial charge on any atom is -0.491 e. The fraction of sp³-hybridized carbons (Fsp3) is 0.344. The van der Waals surface area contributed by atoms with Crippen LogP contribution in [0.2, 0.25) is 0 Å². The minimum absolute atomic E-state index is 0.177. The predicted molar refractivity (Wildman–Crippen MR) is 155 cm³/mol. The number of β-amino-alcohol motifs (C(OH)–C–C–N with tert-alkyl or cyclic N) is 1. The summed E-state index contributed by atoms with van der Waals surface area (Å²) in [6, 6.07) is 24.3. The molecule has 0 aliphatic carbocycles. The fourth-order valence-electron chi connectivity index (χ4n) is 5.44. The number of aliphatic hydroxyl groups is 1. The van der Waals surface area contributed by atoms with E-state index < -0.39 is 6.10 Å². The van der Waals surface area contributed by atoms with Crippen molar-refractivity contribution in [2.45, 2.75) is 26.9 Å². The Labute approximate surface area is 230 Å². The van der Waals surface area contributed by atoms with Crippen molar-refractivity contribution < 1.29 is 19.4 Å². The first-order valence-corrected chi connectivity index (χ1v) is 13.7. The number of nitrogens with zero attached hydrogens (tertiary/aromatic N) is 3. The Balaban J connectivity index is 1.28.